The first-order valence-corrected chi connectivity index (χ1v) is 13.2. The van der Waals surface area contributed by atoms with Crippen LogP contribution in [0.3, 0.4) is 0 Å². The van der Waals surface area contributed by atoms with Crippen molar-refractivity contribution in [2.24, 2.45) is 0 Å². The molecule has 0 bridgehead atoms. The average Bonchev–Trinajstić information content (AvgIpc) is 3.04. The van der Waals surface area contributed by atoms with Crippen LogP contribution in [0.15, 0.2) is 51.6 Å². The molecule has 3 rings (SSSR count). The molecule has 1 atom stereocenters. The largest absolute Gasteiger partial charge is 0.306 e. The summed E-state index contributed by atoms with van der Waals surface area (Å²) in [5.74, 6) is 0. The van der Waals surface area contributed by atoms with Crippen LogP contribution >= 0.6 is 35.0 Å². The van der Waals surface area contributed by atoms with Gasteiger partial charge in [-0.2, -0.15) is 4.31 Å². The molecule has 1 aromatic heterocycles. The van der Waals surface area contributed by atoms with Crippen LogP contribution in [-0.2, 0) is 14.2 Å². The molecule has 0 aliphatic rings. The Hall–Kier alpha value is -1.09. The Morgan fingerprint density at radius 3 is 2.53 bits per heavy atom. The molecule has 0 radical (unpaired) electrons. The highest BCUT2D eigenvalue weighted by Crippen LogP contribution is 2.37. The van der Waals surface area contributed by atoms with Gasteiger partial charge in [-0.3, -0.25) is 0 Å². The van der Waals surface area contributed by atoms with Crippen LogP contribution in [0.1, 0.15) is 31.4 Å². The van der Waals surface area contributed by atoms with Crippen LogP contribution in [-0.4, -0.2) is 31.9 Å². The van der Waals surface area contributed by atoms with Gasteiger partial charge in [0.25, 0.3) is 10.0 Å². The standard InChI is InChI=1S/C22H26ClNO3S3/c1-5-12-24(14-16(3)27-29-19-9-6-15(2)7-10-19)30(25,26)22-17(4)20-13-18(23)8-11-21(20)28-22/h6-11,13,16H,5,12,14H2,1-4H3. The highest BCUT2D eigenvalue weighted by molar-refractivity contribution is 7.94. The van der Waals surface area contributed by atoms with E-state index in [1.165, 1.54) is 33.2 Å². The summed E-state index contributed by atoms with van der Waals surface area (Å²) in [5, 5.41) is 1.50. The number of rotatable bonds is 9. The van der Waals surface area contributed by atoms with E-state index >= 15 is 0 Å². The van der Waals surface area contributed by atoms with Crippen molar-refractivity contribution in [3.05, 3.63) is 58.6 Å². The monoisotopic (exact) mass is 483 g/mol. The number of thiophene rings is 1. The third-order valence-corrected chi connectivity index (χ3v) is 9.55. The van der Waals surface area contributed by atoms with E-state index in [9.17, 15) is 8.42 Å². The van der Waals surface area contributed by atoms with Crippen LogP contribution < -0.4 is 0 Å². The van der Waals surface area contributed by atoms with Gasteiger partial charge in [-0.1, -0.05) is 36.2 Å². The van der Waals surface area contributed by atoms with Gasteiger partial charge in [0.15, 0.2) is 0 Å². The van der Waals surface area contributed by atoms with Crippen molar-refractivity contribution in [1.82, 2.24) is 4.31 Å². The van der Waals surface area contributed by atoms with Crippen LogP contribution in [0.4, 0.5) is 0 Å². The molecule has 0 amide bonds. The molecule has 162 valence electrons. The maximum absolute atomic E-state index is 13.5. The predicted octanol–water partition coefficient (Wildman–Crippen LogP) is 6.68. The zero-order chi connectivity index (χ0) is 21.9. The summed E-state index contributed by atoms with van der Waals surface area (Å²) in [4.78, 5) is 0.995. The van der Waals surface area contributed by atoms with Crippen molar-refractivity contribution in [2.45, 2.75) is 49.3 Å². The molecule has 0 aliphatic carbocycles. The van der Waals surface area contributed by atoms with E-state index in [1.54, 1.807) is 6.07 Å². The summed E-state index contributed by atoms with van der Waals surface area (Å²) in [7, 11) is -3.63. The van der Waals surface area contributed by atoms with Gasteiger partial charge in [-0.05, 0) is 68.5 Å². The lowest BCUT2D eigenvalue weighted by Gasteiger charge is -2.24. The molecule has 3 aromatic rings. The molecule has 0 aliphatic heterocycles. The van der Waals surface area contributed by atoms with Crippen LogP contribution in [0.2, 0.25) is 5.02 Å². The van der Waals surface area contributed by atoms with Gasteiger partial charge in [-0.25, -0.2) is 8.42 Å². The number of nitrogens with zero attached hydrogens (tertiary/aromatic N) is 1. The maximum atomic E-state index is 13.5. The van der Waals surface area contributed by atoms with Gasteiger partial charge in [0.1, 0.15) is 4.21 Å². The second kappa shape index (κ2) is 10.0. The number of aryl methyl sites for hydroxylation is 2. The summed E-state index contributed by atoms with van der Waals surface area (Å²) < 4.78 is 35.7. The minimum absolute atomic E-state index is 0.262. The molecular formula is C22H26ClNO3S3. The van der Waals surface area contributed by atoms with E-state index < -0.39 is 10.0 Å². The van der Waals surface area contributed by atoms with Crippen molar-refractivity contribution < 1.29 is 12.6 Å². The van der Waals surface area contributed by atoms with Crippen LogP contribution in [0.5, 0.6) is 0 Å². The van der Waals surface area contributed by atoms with E-state index in [4.69, 9.17) is 15.8 Å². The number of sulfonamides is 1. The van der Waals surface area contributed by atoms with Gasteiger partial charge >= 0.3 is 0 Å². The number of benzene rings is 2. The van der Waals surface area contributed by atoms with Crippen molar-refractivity contribution in [3.63, 3.8) is 0 Å². The Bertz CT molecular complexity index is 1110. The summed E-state index contributed by atoms with van der Waals surface area (Å²) >= 11 is 8.69. The molecule has 0 saturated heterocycles. The molecule has 0 spiro atoms. The Balaban J connectivity index is 1.78. The fourth-order valence-corrected chi connectivity index (χ4v) is 7.39. The zero-order valence-corrected chi connectivity index (χ0v) is 20.7. The quantitative estimate of drug-likeness (QED) is 0.318. The Morgan fingerprint density at radius 1 is 1.17 bits per heavy atom. The number of fused-ring (bicyclic) bond motifs is 1. The third kappa shape index (κ3) is 5.39. The topological polar surface area (TPSA) is 46.6 Å². The average molecular weight is 484 g/mol. The second-order valence-corrected chi connectivity index (χ2v) is 11.8. The first-order valence-electron chi connectivity index (χ1n) is 9.81. The molecule has 8 heteroatoms. The summed E-state index contributed by atoms with van der Waals surface area (Å²) in [5.41, 5.74) is 1.94. The lowest BCUT2D eigenvalue weighted by atomic mass is 10.2. The van der Waals surface area contributed by atoms with Crippen molar-refractivity contribution >= 4 is 55.1 Å². The summed E-state index contributed by atoms with van der Waals surface area (Å²) in [6.45, 7) is 8.50. The molecule has 0 fully saturated rings. The predicted molar refractivity (Wildman–Crippen MR) is 128 cm³/mol. The fraction of sp³-hybridized carbons (Fsp3) is 0.364. The molecule has 0 N–H and O–H groups in total. The first-order chi connectivity index (χ1) is 14.2. The van der Waals surface area contributed by atoms with E-state index in [2.05, 4.69) is 0 Å². The molecular weight excluding hydrogens is 458 g/mol. The third-order valence-electron chi connectivity index (χ3n) is 4.69. The van der Waals surface area contributed by atoms with Crippen LogP contribution in [0.25, 0.3) is 10.1 Å². The lowest BCUT2D eigenvalue weighted by molar-refractivity contribution is 0.218. The Morgan fingerprint density at radius 2 is 1.87 bits per heavy atom. The normalized spacial score (nSPS) is 13.3. The highest BCUT2D eigenvalue weighted by Gasteiger charge is 2.30. The molecule has 4 nitrogen and oxygen atoms in total. The SMILES string of the molecule is CCCN(CC(C)OSc1ccc(C)cc1)S(=O)(=O)c1sc2ccc(Cl)cc2c1C. The minimum atomic E-state index is -3.63. The van der Waals surface area contributed by atoms with Gasteiger partial charge in [0.2, 0.25) is 0 Å². The molecule has 30 heavy (non-hydrogen) atoms. The lowest BCUT2D eigenvalue weighted by Crippen LogP contribution is -2.37. The minimum Gasteiger partial charge on any atom is -0.306 e. The van der Waals surface area contributed by atoms with Crippen molar-refractivity contribution in [3.8, 4) is 0 Å². The van der Waals surface area contributed by atoms with Gasteiger partial charge < -0.3 is 4.18 Å². The number of hydrogen-bond acceptors (Lipinski definition) is 5. The fourth-order valence-electron chi connectivity index (χ4n) is 3.14. The Kier molecular flexibility index (Phi) is 7.87. The molecule has 0 saturated carbocycles. The van der Waals surface area contributed by atoms with Gasteiger partial charge in [-0.15, -0.1) is 11.3 Å². The van der Waals surface area contributed by atoms with E-state index in [0.29, 0.717) is 22.3 Å². The Labute approximate surface area is 192 Å². The van der Waals surface area contributed by atoms with Gasteiger partial charge in [0, 0.05) is 39.8 Å². The van der Waals surface area contributed by atoms with E-state index in [0.717, 1.165) is 27.0 Å². The molecule has 1 unspecified atom stereocenters. The summed E-state index contributed by atoms with van der Waals surface area (Å²) in [6.07, 6.45) is 0.467. The van der Waals surface area contributed by atoms with Crippen molar-refractivity contribution in [2.75, 3.05) is 13.1 Å². The smallest absolute Gasteiger partial charge is 0.252 e. The maximum Gasteiger partial charge on any atom is 0.252 e. The number of halogens is 1. The summed E-state index contributed by atoms with van der Waals surface area (Å²) in [6, 6.07) is 13.6. The first kappa shape index (κ1) is 23.6. The molecule has 1 heterocycles. The highest BCUT2D eigenvalue weighted by atomic mass is 35.5. The van der Waals surface area contributed by atoms with Crippen molar-refractivity contribution in [1.29, 1.82) is 0 Å². The van der Waals surface area contributed by atoms with Crippen LogP contribution in [0, 0.1) is 13.8 Å². The van der Waals surface area contributed by atoms with Gasteiger partial charge in [0.05, 0.1) is 6.10 Å². The van der Waals surface area contributed by atoms with E-state index in [-0.39, 0.29) is 6.10 Å². The van der Waals surface area contributed by atoms with E-state index in [1.807, 2.05) is 64.1 Å². The molecule has 2 aromatic carbocycles. The zero-order valence-electron chi connectivity index (χ0n) is 17.5. The second-order valence-electron chi connectivity index (χ2n) is 7.32. The number of hydrogen-bond donors (Lipinski definition) is 0.